The molecule has 1 aliphatic carbocycles. The smallest absolute Gasteiger partial charge is 0.308 e. The van der Waals surface area contributed by atoms with E-state index in [2.05, 4.69) is 5.32 Å². The van der Waals surface area contributed by atoms with Gasteiger partial charge in [0.25, 0.3) is 0 Å². The molecular weight excluding hydrogens is 422 g/mol. The van der Waals surface area contributed by atoms with Crippen molar-refractivity contribution in [1.82, 2.24) is 8.87 Å². The molecule has 1 amide bonds. The number of piperidine rings is 1. The van der Waals surface area contributed by atoms with Crippen LogP contribution in [0.4, 0.5) is 5.69 Å². The molecule has 0 spiro atoms. The molecule has 0 radical (unpaired) electrons. The Bertz CT molecular complexity index is 1110. The zero-order valence-electron chi connectivity index (χ0n) is 17.1. The van der Waals surface area contributed by atoms with Crippen LogP contribution in [0.2, 0.25) is 0 Å². The number of amides is 1. The fourth-order valence-electron chi connectivity index (χ4n) is 4.23. The van der Waals surface area contributed by atoms with Gasteiger partial charge in [0.2, 0.25) is 15.9 Å². The molecule has 1 N–H and O–H groups in total. The van der Waals surface area contributed by atoms with Crippen LogP contribution in [0.3, 0.4) is 0 Å². The SMILES string of the molecule is Cc1ccc(NC(=O)Cn2c3c(sc2=O)CCCC3)cc1S(=O)(=O)N1CCCCC1. The molecule has 1 aromatic heterocycles. The molecule has 2 heterocycles. The predicted molar refractivity (Wildman–Crippen MR) is 118 cm³/mol. The second kappa shape index (κ2) is 8.64. The number of aromatic nitrogens is 1. The Morgan fingerprint density at radius 3 is 2.60 bits per heavy atom. The largest absolute Gasteiger partial charge is 0.324 e. The number of fused-ring (bicyclic) bond motifs is 1. The highest BCUT2D eigenvalue weighted by molar-refractivity contribution is 7.89. The van der Waals surface area contributed by atoms with E-state index in [1.54, 1.807) is 23.6 Å². The van der Waals surface area contributed by atoms with E-state index in [0.29, 0.717) is 24.3 Å². The molecule has 2 aliphatic rings. The first-order valence-electron chi connectivity index (χ1n) is 10.5. The summed E-state index contributed by atoms with van der Waals surface area (Å²) in [5.41, 5.74) is 2.06. The minimum atomic E-state index is -3.59. The van der Waals surface area contributed by atoms with Gasteiger partial charge in [0.1, 0.15) is 6.54 Å². The first kappa shape index (κ1) is 21.3. The summed E-state index contributed by atoms with van der Waals surface area (Å²) in [4.78, 5) is 26.2. The van der Waals surface area contributed by atoms with Crippen LogP contribution in [-0.4, -0.2) is 36.3 Å². The van der Waals surface area contributed by atoms with Crippen LogP contribution in [0.25, 0.3) is 0 Å². The van der Waals surface area contributed by atoms with Crippen LogP contribution in [-0.2, 0) is 34.2 Å². The van der Waals surface area contributed by atoms with E-state index in [1.807, 2.05) is 0 Å². The van der Waals surface area contributed by atoms with Crippen LogP contribution in [0.1, 0.15) is 48.2 Å². The molecule has 1 fully saturated rings. The fraction of sp³-hybridized carbons (Fsp3) is 0.524. The molecule has 0 unspecified atom stereocenters. The van der Waals surface area contributed by atoms with E-state index in [1.165, 1.54) is 21.7 Å². The van der Waals surface area contributed by atoms with Crippen molar-refractivity contribution in [3.05, 3.63) is 44.0 Å². The lowest BCUT2D eigenvalue weighted by Gasteiger charge is -2.26. The lowest BCUT2D eigenvalue weighted by atomic mass is 10.0. The fourth-order valence-corrected chi connectivity index (χ4v) is 7.07. The number of carbonyl (C=O) groups is 1. The van der Waals surface area contributed by atoms with Crippen molar-refractivity contribution in [2.45, 2.75) is 63.3 Å². The number of rotatable bonds is 5. The van der Waals surface area contributed by atoms with Gasteiger partial charge in [-0.25, -0.2) is 8.42 Å². The van der Waals surface area contributed by atoms with Crippen LogP contribution < -0.4 is 10.2 Å². The van der Waals surface area contributed by atoms with Crippen molar-refractivity contribution >= 4 is 33.0 Å². The minimum absolute atomic E-state index is 0.0489. The van der Waals surface area contributed by atoms with Crippen molar-refractivity contribution in [2.75, 3.05) is 18.4 Å². The average molecular weight is 450 g/mol. The monoisotopic (exact) mass is 449 g/mol. The standard InChI is InChI=1S/C21H27N3O4S2/c1-15-9-10-16(13-19(15)30(27,28)23-11-5-2-6-12-23)22-20(25)14-24-17-7-3-4-8-18(17)29-21(24)26/h9-10,13H,2-8,11-12,14H2,1H3,(H,22,25). The second-order valence-corrected chi connectivity index (χ2v) is 11.0. The number of anilines is 1. The normalized spacial score (nSPS) is 17.5. The number of carbonyl (C=O) groups excluding carboxylic acids is 1. The summed E-state index contributed by atoms with van der Waals surface area (Å²) in [7, 11) is -3.59. The van der Waals surface area contributed by atoms with Crippen molar-refractivity contribution in [3.8, 4) is 0 Å². The van der Waals surface area contributed by atoms with Crippen molar-refractivity contribution in [3.63, 3.8) is 0 Å². The zero-order chi connectivity index (χ0) is 21.3. The van der Waals surface area contributed by atoms with Gasteiger partial charge in [-0.05, 0) is 63.1 Å². The van der Waals surface area contributed by atoms with Gasteiger partial charge in [0.15, 0.2) is 0 Å². The van der Waals surface area contributed by atoms with Gasteiger partial charge in [0.05, 0.1) is 4.90 Å². The topological polar surface area (TPSA) is 88.5 Å². The number of sulfonamides is 1. The summed E-state index contributed by atoms with van der Waals surface area (Å²) in [5.74, 6) is -0.326. The van der Waals surface area contributed by atoms with Crippen molar-refractivity contribution in [1.29, 1.82) is 0 Å². The Balaban J connectivity index is 1.53. The molecular formula is C21H27N3O4S2. The minimum Gasteiger partial charge on any atom is -0.324 e. The molecule has 1 saturated heterocycles. The van der Waals surface area contributed by atoms with Crippen molar-refractivity contribution < 1.29 is 13.2 Å². The maximum Gasteiger partial charge on any atom is 0.308 e. The molecule has 162 valence electrons. The maximum absolute atomic E-state index is 13.1. The van der Waals surface area contributed by atoms with Gasteiger partial charge in [0, 0.05) is 29.3 Å². The molecule has 4 rings (SSSR count). The quantitative estimate of drug-likeness (QED) is 0.760. The number of hydrogen-bond acceptors (Lipinski definition) is 5. The first-order valence-corrected chi connectivity index (χ1v) is 12.7. The van der Waals surface area contributed by atoms with Crippen LogP contribution >= 0.6 is 11.3 Å². The lowest BCUT2D eigenvalue weighted by molar-refractivity contribution is -0.116. The van der Waals surface area contributed by atoms with E-state index in [9.17, 15) is 18.0 Å². The molecule has 9 heteroatoms. The van der Waals surface area contributed by atoms with E-state index in [4.69, 9.17) is 0 Å². The third-order valence-corrected chi connectivity index (χ3v) is 8.97. The third kappa shape index (κ3) is 4.24. The number of aryl methyl sites for hydroxylation is 2. The van der Waals surface area contributed by atoms with Gasteiger partial charge in [-0.15, -0.1) is 0 Å². The Hall–Kier alpha value is -1.97. The summed E-state index contributed by atoms with van der Waals surface area (Å²) >= 11 is 1.23. The van der Waals surface area contributed by atoms with Crippen LogP contribution in [0.15, 0.2) is 27.9 Å². The van der Waals surface area contributed by atoms with Gasteiger partial charge < -0.3 is 5.32 Å². The number of benzene rings is 1. The number of hydrogen-bond donors (Lipinski definition) is 1. The first-order chi connectivity index (χ1) is 14.4. The molecule has 1 aliphatic heterocycles. The van der Waals surface area contributed by atoms with Gasteiger partial charge in [-0.3, -0.25) is 14.2 Å². The second-order valence-electron chi connectivity index (χ2n) is 8.02. The van der Waals surface area contributed by atoms with E-state index >= 15 is 0 Å². The lowest BCUT2D eigenvalue weighted by Crippen LogP contribution is -2.36. The number of nitrogens with zero attached hydrogens (tertiary/aromatic N) is 2. The van der Waals surface area contributed by atoms with Crippen LogP contribution in [0.5, 0.6) is 0 Å². The zero-order valence-corrected chi connectivity index (χ0v) is 18.8. The predicted octanol–water partition coefficient (Wildman–Crippen LogP) is 2.91. The molecule has 2 aromatic rings. The van der Waals surface area contributed by atoms with Crippen molar-refractivity contribution in [2.24, 2.45) is 0 Å². The average Bonchev–Trinajstić information content (AvgIpc) is 3.05. The highest BCUT2D eigenvalue weighted by atomic mass is 32.2. The van der Waals surface area contributed by atoms with Gasteiger partial charge in [-0.1, -0.05) is 23.8 Å². The van der Waals surface area contributed by atoms with E-state index in [-0.39, 0.29) is 22.2 Å². The highest BCUT2D eigenvalue weighted by Crippen LogP contribution is 2.26. The summed E-state index contributed by atoms with van der Waals surface area (Å²) in [6.45, 7) is 2.78. The molecule has 0 bridgehead atoms. The molecule has 30 heavy (non-hydrogen) atoms. The maximum atomic E-state index is 13.1. The van der Waals surface area contributed by atoms with E-state index in [0.717, 1.165) is 55.5 Å². The summed E-state index contributed by atoms with van der Waals surface area (Å²) < 4.78 is 29.2. The molecule has 1 aromatic carbocycles. The van der Waals surface area contributed by atoms with E-state index < -0.39 is 10.0 Å². The summed E-state index contributed by atoms with van der Waals surface area (Å²) in [6, 6.07) is 4.95. The Morgan fingerprint density at radius 1 is 1.10 bits per heavy atom. The highest BCUT2D eigenvalue weighted by Gasteiger charge is 2.28. The summed E-state index contributed by atoms with van der Waals surface area (Å²) in [6.07, 6.45) is 6.62. The molecule has 7 nitrogen and oxygen atoms in total. The Labute approximate surface area is 180 Å². The van der Waals surface area contributed by atoms with Gasteiger partial charge in [-0.2, -0.15) is 4.31 Å². The Morgan fingerprint density at radius 2 is 1.83 bits per heavy atom. The number of thiazole rings is 1. The molecule has 0 saturated carbocycles. The number of nitrogens with one attached hydrogen (secondary N) is 1. The van der Waals surface area contributed by atoms with Crippen LogP contribution in [0, 0.1) is 6.92 Å². The molecule has 0 atom stereocenters. The van der Waals surface area contributed by atoms with Gasteiger partial charge >= 0.3 is 4.87 Å². The third-order valence-electron chi connectivity index (χ3n) is 5.85. The summed E-state index contributed by atoms with van der Waals surface area (Å²) in [5, 5.41) is 2.78. The Kier molecular flexibility index (Phi) is 6.13.